The van der Waals surface area contributed by atoms with Crippen LogP contribution in [0.5, 0.6) is 5.75 Å². The summed E-state index contributed by atoms with van der Waals surface area (Å²) in [6.45, 7) is 10.4. The second-order valence-corrected chi connectivity index (χ2v) is 11.1. The Bertz CT molecular complexity index is 1180. The van der Waals surface area contributed by atoms with Gasteiger partial charge in [-0.2, -0.15) is 5.26 Å². The van der Waals surface area contributed by atoms with Crippen LogP contribution in [0.1, 0.15) is 62.0 Å². The number of carbonyl (C=O) groups excluding carboxylic acids is 1. The van der Waals surface area contributed by atoms with E-state index in [1.54, 1.807) is 18.2 Å². The van der Waals surface area contributed by atoms with Crippen LogP contribution in [0.3, 0.4) is 0 Å². The van der Waals surface area contributed by atoms with Crippen LogP contribution in [-0.2, 0) is 0 Å². The molecule has 35 heavy (non-hydrogen) atoms. The third kappa shape index (κ3) is 5.18. The van der Waals surface area contributed by atoms with E-state index in [4.69, 9.17) is 21.6 Å². The van der Waals surface area contributed by atoms with E-state index < -0.39 is 0 Å². The molecule has 1 aliphatic heterocycles. The van der Waals surface area contributed by atoms with E-state index >= 15 is 0 Å². The minimum Gasteiger partial charge on any atom is -0.489 e. The summed E-state index contributed by atoms with van der Waals surface area (Å²) in [7, 11) is 0. The molecule has 1 saturated carbocycles. The van der Waals surface area contributed by atoms with E-state index in [1.165, 1.54) is 0 Å². The monoisotopic (exact) mass is 489 g/mol. The predicted molar refractivity (Wildman–Crippen MR) is 138 cm³/mol. The molecule has 0 radical (unpaired) electrons. The molecule has 2 aromatic rings. The van der Waals surface area contributed by atoms with Crippen LogP contribution in [0.25, 0.3) is 0 Å². The molecule has 6 heteroatoms. The summed E-state index contributed by atoms with van der Waals surface area (Å²) in [4.78, 5) is 13.1. The topological polar surface area (TPSA) is 74.2 Å². The number of benzene rings is 2. The number of rotatable bonds is 4. The van der Waals surface area contributed by atoms with Crippen molar-refractivity contribution >= 4 is 17.5 Å². The van der Waals surface area contributed by atoms with Crippen LogP contribution >= 0.6 is 11.6 Å². The summed E-state index contributed by atoms with van der Waals surface area (Å²) < 4.78 is 6.31. The van der Waals surface area contributed by atoms with Crippen molar-refractivity contribution in [2.24, 2.45) is 16.7 Å². The van der Waals surface area contributed by atoms with Crippen molar-refractivity contribution in [3.8, 4) is 23.7 Å². The summed E-state index contributed by atoms with van der Waals surface area (Å²) in [5.41, 5.74) is 1.35. The minimum atomic E-state index is -0.306. The molecule has 2 aliphatic rings. The molecular formula is C29H32ClN3O2. The van der Waals surface area contributed by atoms with Gasteiger partial charge in [-0.05, 0) is 62.3 Å². The van der Waals surface area contributed by atoms with Gasteiger partial charge in [0.15, 0.2) is 0 Å². The second-order valence-electron chi connectivity index (χ2n) is 10.7. The van der Waals surface area contributed by atoms with Gasteiger partial charge < -0.3 is 15.4 Å². The number of halogens is 1. The average Bonchev–Trinajstić information content (AvgIpc) is 2.85. The highest BCUT2D eigenvalue weighted by Gasteiger charge is 2.64. The average molecular weight is 490 g/mol. The van der Waals surface area contributed by atoms with E-state index in [0.29, 0.717) is 27.8 Å². The summed E-state index contributed by atoms with van der Waals surface area (Å²) in [5.74, 6) is 7.58. The number of hydrogen-bond acceptors (Lipinski definition) is 4. The van der Waals surface area contributed by atoms with Gasteiger partial charge in [-0.1, -0.05) is 51.1 Å². The summed E-state index contributed by atoms with van der Waals surface area (Å²) in [6.07, 6.45) is 2.03. The first-order valence-electron chi connectivity index (χ1n) is 12.1. The summed E-state index contributed by atoms with van der Waals surface area (Å²) in [5, 5.41) is 16.1. The molecule has 0 bridgehead atoms. The lowest BCUT2D eigenvalue weighted by molar-refractivity contribution is -0.164. The lowest BCUT2D eigenvalue weighted by atomic mass is 9.49. The van der Waals surface area contributed by atoms with Gasteiger partial charge in [-0.15, -0.1) is 0 Å². The number of amides is 1. The van der Waals surface area contributed by atoms with Crippen LogP contribution in [0.4, 0.5) is 0 Å². The Morgan fingerprint density at radius 1 is 1.09 bits per heavy atom. The maximum Gasteiger partial charge on any atom is 0.251 e. The molecule has 2 N–H and O–H groups in total. The molecule has 1 saturated heterocycles. The lowest BCUT2D eigenvalue weighted by Gasteiger charge is -2.63. The third-order valence-electron chi connectivity index (χ3n) is 7.34. The molecule has 0 atom stereocenters. The fraction of sp³-hybridized carbons (Fsp3) is 0.448. The molecule has 2 aromatic carbocycles. The largest absolute Gasteiger partial charge is 0.489 e. The van der Waals surface area contributed by atoms with Crippen LogP contribution in [0, 0.1) is 39.9 Å². The first-order chi connectivity index (χ1) is 16.6. The van der Waals surface area contributed by atoms with Gasteiger partial charge in [0.2, 0.25) is 0 Å². The Morgan fingerprint density at radius 2 is 1.74 bits per heavy atom. The lowest BCUT2D eigenvalue weighted by Crippen LogP contribution is -2.74. The quantitative estimate of drug-likeness (QED) is 0.581. The fourth-order valence-electron chi connectivity index (χ4n) is 5.67. The maximum absolute atomic E-state index is 13.1. The fourth-order valence-corrected chi connectivity index (χ4v) is 5.88. The van der Waals surface area contributed by atoms with E-state index in [0.717, 1.165) is 31.5 Å². The molecule has 0 spiro atoms. The SMILES string of the molecule is CC1(C)C(NC(=O)c2ccc(C#CC3CCNCC3)cc2)C(C)(C)C1Oc1ccc(C#N)c(Cl)c1. The molecule has 4 rings (SSSR count). The van der Waals surface area contributed by atoms with Gasteiger partial charge in [0.25, 0.3) is 5.91 Å². The Hall–Kier alpha value is -2.99. The van der Waals surface area contributed by atoms with E-state index in [2.05, 4.69) is 56.2 Å². The van der Waals surface area contributed by atoms with Gasteiger partial charge in [-0.25, -0.2) is 0 Å². The van der Waals surface area contributed by atoms with Gasteiger partial charge >= 0.3 is 0 Å². The molecule has 0 unspecified atom stereocenters. The standard InChI is InChI=1S/C29H32ClN3O2/c1-28(2)26(29(3,4)27(28)35-23-12-11-22(18-31)24(30)17-23)33-25(34)21-9-7-19(8-10-21)5-6-20-13-15-32-16-14-20/h7-12,17,20,26-27,32H,13-16H2,1-4H3,(H,33,34). The Kier molecular flexibility index (Phi) is 7.13. The van der Waals surface area contributed by atoms with Crippen molar-refractivity contribution in [2.45, 2.75) is 52.7 Å². The zero-order chi connectivity index (χ0) is 25.2. The maximum atomic E-state index is 13.1. The predicted octanol–water partition coefficient (Wildman–Crippen LogP) is 5.17. The number of nitriles is 1. The second kappa shape index (κ2) is 9.94. The first-order valence-corrected chi connectivity index (χ1v) is 12.5. The van der Waals surface area contributed by atoms with Gasteiger partial charge in [-0.3, -0.25) is 4.79 Å². The molecule has 1 heterocycles. The van der Waals surface area contributed by atoms with E-state index in [9.17, 15) is 4.79 Å². The van der Waals surface area contributed by atoms with Crippen molar-refractivity contribution in [3.05, 3.63) is 64.2 Å². The normalized spacial score (nSPS) is 22.6. The van der Waals surface area contributed by atoms with Crippen molar-refractivity contribution in [1.82, 2.24) is 10.6 Å². The molecule has 1 aliphatic carbocycles. The number of carbonyl (C=O) groups is 1. The molecule has 1 amide bonds. The van der Waals surface area contributed by atoms with Crippen LogP contribution < -0.4 is 15.4 Å². The zero-order valence-electron chi connectivity index (χ0n) is 20.7. The molecule has 5 nitrogen and oxygen atoms in total. The summed E-state index contributed by atoms with van der Waals surface area (Å²) in [6, 6.07) is 14.6. The molecular weight excluding hydrogens is 458 g/mol. The Labute approximate surface area is 213 Å². The van der Waals surface area contributed by atoms with Gasteiger partial charge in [0, 0.05) is 40.0 Å². The van der Waals surface area contributed by atoms with Crippen molar-refractivity contribution in [2.75, 3.05) is 13.1 Å². The summed E-state index contributed by atoms with van der Waals surface area (Å²) >= 11 is 6.18. The van der Waals surface area contributed by atoms with Crippen molar-refractivity contribution < 1.29 is 9.53 Å². The van der Waals surface area contributed by atoms with Gasteiger partial charge in [0.05, 0.1) is 10.6 Å². The highest BCUT2D eigenvalue weighted by Crippen LogP contribution is 2.55. The first kappa shape index (κ1) is 25.1. The number of ether oxygens (including phenoxy) is 1. The van der Waals surface area contributed by atoms with E-state index in [1.807, 2.05) is 24.3 Å². The van der Waals surface area contributed by atoms with Crippen LogP contribution in [0.15, 0.2) is 42.5 Å². The molecule has 0 aromatic heterocycles. The highest BCUT2D eigenvalue weighted by atomic mass is 35.5. The van der Waals surface area contributed by atoms with Crippen LogP contribution in [-0.4, -0.2) is 31.1 Å². The van der Waals surface area contributed by atoms with Crippen molar-refractivity contribution in [3.63, 3.8) is 0 Å². The smallest absolute Gasteiger partial charge is 0.251 e. The number of hydrogen-bond donors (Lipinski definition) is 2. The Balaban J connectivity index is 1.40. The van der Waals surface area contributed by atoms with Gasteiger partial charge in [0.1, 0.15) is 17.9 Å². The minimum absolute atomic E-state index is 0.0827. The number of nitrogens with zero attached hydrogens (tertiary/aromatic N) is 1. The number of piperidine rings is 1. The zero-order valence-corrected chi connectivity index (χ0v) is 21.5. The molecule has 2 fully saturated rings. The van der Waals surface area contributed by atoms with Crippen molar-refractivity contribution in [1.29, 1.82) is 5.26 Å². The number of nitrogens with one attached hydrogen (secondary N) is 2. The third-order valence-corrected chi connectivity index (χ3v) is 7.65. The van der Waals surface area contributed by atoms with Crippen LogP contribution in [0.2, 0.25) is 5.02 Å². The molecule has 182 valence electrons. The highest BCUT2D eigenvalue weighted by molar-refractivity contribution is 6.31. The Morgan fingerprint density at radius 3 is 2.34 bits per heavy atom. The van der Waals surface area contributed by atoms with E-state index in [-0.39, 0.29) is 28.9 Å².